The molecule has 108 valence electrons. The maximum absolute atomic E-state index is 6.38. The van der Waals surface area contributed by atoms with Crippen molar-refractivity contribution in [1.82, 2.24) is 14.8 Å². The second-order valence-electron chi connectivity index (χ2n) is 6.01. The molecule has 5 heteroatoms. The Morgan fingerprint density at radius 1 is 1.40 bits per heavy atom. The minimum absolute atomic E-state index is 0.0423. The van der Waals surface area contributed by atoms with E-state index in [1.807, 2.05) is 16.0 Å². The van der Waals surface area contributed by atoms with E-state index < -0.39 is 0 Å². The average molecular weight is 290 g/mol. The third-order valence-corrected chi connectivity index (χ3v) is 5.14. The van der Waals surface area contributed by atoms with Crippen LogP contribution in [0.2, 0.25) is 0 Å². The van der Waals surface area contributed by atoms with Crippen molar-refractivity contribution in [3.05, 3.63) is 33.5 Å². The van der Waals surface area contributed by atoms with Gasteiger partial charge in [0, 0.05) is 28.8 Å². The van der Waals surface area contributed by atoms with E-state index in [0.29, 0.717) is 5.92 Å². The Hall–Kier alpha value is -1.20. The summed E-state index contributed by atoms with van der Waals surface area (Å²) in [5.41, 5.74) is 7.89. The Morgan fingerprint density at radius 3 is 3.00 bits per heavy atom. The van der Waals surface area contributed by atoms with E-state index in [-0.39, 0.29) is 6.04 Å². The number of aryl methyl sites for hydroxylation is 2. The van der Waals surface area contributed by atoms with Gasteiger partial charge in [0.1, 0.15) is 12.2 Å². The van der Waals surface area contributed by atoms with Gasteiger partial charge in [0.05, 0.1) is 0 Å². The van der Waals surface area contributed by atoms with E-state index >= 15 is 0 Å². The monoisotopic (exact) mass is 290 g/mol. The number of hydrogen-bond donors (Lipinski definition) is 1. The fraction of sp³-hybridized carbons (Fsp3) is 0.600. The molecule has 1 aliphatic carbocycles. The van der Waals surface area contributed by atoms with E-state index in [1.165, 1.54) is 29.7 Å². The molecule has 1 unspecified atom stereocenters. The Labute approximate surface area is 124 Å². The molecule has 0 saturated heterocycles. The van der Waals surface area contributed by atoms with Crippen LogP contribution in [0, 0.1) is 5.92 Å². The molecule has 1 atom stereocenters. The topological polar surface area (TPSA) is 56.7 Å². The van der Waals surface area contributed by atoms with E-state index in [4.69, 9.17) is 5.73 Å². The molecule has 0 amide bonds. The van der Waals surface area contributed by atoms with Crippen molar-refractivity contribution < 1.29 is 0 Å². The Bertz CT molecular complexity index is 563. The molecule has 3 rings (SSSR count). The molecular formula is C15H22N4S. The van der Waals surface area contributed by atoms with E-state index in [1.54, 1.807) is 11.2 Å². The molecular weight excluding hydrogens is 268 g/mol. The lowest BCUT2D eigenvalue weighted by Gasteiger charge is -2.12. The first-order chi connectivity index (χ1) is 9.63. The zero-order chi connectivity index (χ0) is 14.1. The van der Waals surface area contributed by atoms with Crippen molar-refractivity contribution in [2.24, 2.45) is 11.7 Å². The van der Waals surface area contributed by atoms with Gasteiger partial charge in [-0.15, -0.1) is 11.3 Å². The van der Waals surface area contributed by atoms with Gasteiger partial charge in [0.15, 0.2) is 0 Å². The lowest BCUT2D eigenvalue weighted by atomic mass is 10.1. The number of nitrogens with two attached hydrogens (primary N) is 1. The van der Waals surface area contributed by atoms with Crippen molar-refractivity contribution in [2.45, 2.75) is 52.1 Å². The van der Waals surface area contributed by atoms with Crippen LogP contribution in [0.5, 0.6) is 0 Å². The van der Waals surface area contributed by atoms with Crippen molar-refractivity contribution in [2.75, 3.05) is 0 Å². The number of nitrogens with zero attached hydrogens (tertiary/aromatic N) is 3. The summed E-state index contributed by atoms with van der Waals surface area (Å²) in [6.45, 7) is 5.29. The van der Waals surface area contributed by atoms with Gasteiger partial charge in [-0.25, -0.2) is 9.67 Å². The number of thiophene rings is 1. The standard InChI is InChI=1S/C15H22N4S/c1-10(2)8-19-15(17-9-18-19)7-12(16)14-6-11-4-3-5-13(11)20-14/h6,9-10,12H,3-5,7-8,16H2,1-2H3. The largest absolute Gasteiger partial charge is 0.323 e. The van der Waals surface area contributed by atoms with Crippen LogP contribution in [0.25, 0.3) is 0 Å². The Kier molecular flexibility index (Phi) is 3.89. The Morgan fingerprint density at radius 2 is 2.25 bits per heavy atom. The van der Waals surface area contributed by atoms with Crippen molar-refractivity contribution in [3.8, 4) is 0 Å². The number of rotatable bonds is 5. The van der Waals surface area contributed by atoms with E-state index in [2.05, 4.69) is 30.0 Å². The smallest absolute Gasteiger partial charge is 0.138 e. The van der Waals surface area contributed by atoms with Gasteiger partial charge in [0.25, 0.3) is 0 Å². The molecule has 2 heterocycles. The SMILES string of the molecule is CC(C)Cn1ncnc1CC(N)c1cc2c(s1)CCC2. The zero-order valence-electron chi connectivity index (χ0n) is 12.2. The molecule has 0 saturated carbocycles. The second kappa shape index (κ2) is 5.66. The average Bonchev–Trinajstić information content (AvgIpc) is 3.03. The van der Waals surface area contributed by atoms with Crippen LogP contribution in [0.4, 0.5) is 0 Å². The molecule has 2 aromatic rings. The lowest BCUT2D eigenvalue weighted by molar-refractivity contribution is 0.460. The van der Waals surface area contributed by atoms with Gasteiger partial charge < -0.3 is 5.73 Å². The predicted octanol–water partition coefficient (Wildman–Crippen LogP) is 2.73. The van der Waals surface area contributed by atoms with Crippen molar-refractivity contribution in [3.63, 3.8) is 0 Å². The summed E-state index contributed by atoms with van der Waals surface area (Å²) in [5, 5.41) is 4.31. The summed E-state index contributed by atoms with van der Waals surface area (Å²) >= 11 is 1.89. The molecule has 0 aromatic carbocycles. The summed E-state index contributed by atoms with van der Waals surface area (Å²) < 4.78 is 1.99. The quantitative estimate of drug-likeness (QED) is 0.921. The molecule has 0 aliphatic heterocycles. The van der Waals surface area contributed by atoms with Crippen LogP contribution >= 0.6 is 11.3 Å². The molecule has 2 aromatic heterocycles. The summed E-state index contributed by atoms with van der Waals surface area (Å²) in [5.74, 6) is 1.57. The van der Waals surface area contributed by atoms with Gasteiger partial charge in [0.2, 0.25) is 0 Å². The highest BCUT2D eigenvalue weighted by Gasteiger charge is 2.19. The van der Waals surface area contributed by atoms with Crippen LogP contribution in [0.3, 0.4) is 0 Å². The van der Waals surface area contributed by atoms with Gasteiger partial charge in [-0.2, -0.15) is 5.10 Å². The number of hydrogen-bond acceptors (Lipinski definition) is 4. The number of aromatic nitrogens is 3. The van der Waals surface area contributed by atoms with Crippen LogP contribution in [-0.2, 0) is 25.8 Å². The fourth-order valence-corrected chi connectivity index (χ4v) is 4.04. The first-order valence-electron chi connectivity index (χ1n) is 7.37. The summed E-state index contributed by atoms with van der Waals surface area (Å²) in [7, 11) is 0. The van der Waals surface area contributed by atoms with Gasteiger partial charge in [-0.1, -0.05) is 13.8 Å². The number of fused-ring (bicyclic) bond motifs is 1. The molecule has 0 fully saturated rings. The minimum atomic E-state index is 0.0423. The molecule has 1 aliphatic rings. The van der Waals surface area contributed by atoms with Crippen LogP contribution < -0.4 is 5.73 Å². The molecule has 20 heavy (non-hydrogen) atoms. The fourth-order valence-electron chi connectivity index (χ4n) is 2.78. The van der Waals surface area contributed by atoms with Crippen molar-refractivity contribution in [1.29, 1.82) is 0 Å². The molecule has 0 bridgehead atoms. The highest BCUT2D eigenvalue weighted by Crippen LogP contribution is 2.33. The van der Waals surface area contributed by atoms with Crippen LogP contribution in [-0.4, -0.2) is 14.8 Å². The summed E-state index contributed by atoms with van der Waals surface area (Å²) in [4.78, 5) is 7.22. The molecule has 4 nitrogen and oxygen atoms in total. The van der Waals surface area contributed by atoms with E-state index in [9.17, 15) is 0 Å². The van der Waals surface area contributed by atoms with Crippen LogP contribution in [0.1, 0.15) is 47.5 Å². The maximum atomic E-state index is 6.38. The highest BCUT2D eigenvalue weighted by atomic mass is 32.1. The molecule has 0 radical (unpaired) electrons. The van der Waals surface area contributed by atoms with Crippen molar-refractivity contribution >= 4 is 11.3 Å². The first-order valence-corrected chi connectivity index (χ1v) is 8.19. The Balaban J connectivity index is 1.72. The van der Waals surface area contributed by atoms with Crippen LogP contribution in [0.15, 0.2) is 12.4 Å². The third-order valence-electron chi connectivity index (χ3n) is 3.77. The zero-order valence-corrected chi connectivity index (χ0v) is 13.0. The summed E-state index contributed by atoms with van der Waals surface area (Å²) in [6.07, 6.45) is 6.17. The third kappa shape index (κ3) is 2.79. The lowest BCUT2D eigenvalue weighted by Crippen LogP contribution is -2.17. The highest BCUT2D eigenvalue weighted by molar-refractivity contribution is 7.12. The van der Waals surface area contributed by atoms with Gasteiger partial charge >= 0.3 is 0 Å². The van der Waals surface area contributed by atoms with E-state index in [0.717, 1.165) is 18.8 Å². The second-order valence-corrected chi connectivity index (χ2v) is 7.18. The van der Waals surface area contributed by atoms with Gasteiger partial charge in [-0.3, -0.25) is 0 Å². The normalized spacial score (nSPS) is 15.8. The maximum Gasteiger partial charge on any atom is 0.138 e. The molecule has 0 spiro atoms. The minimum Gasteiger partial charge on any atom is -0.323 e. The predicted molar refractivity (Wildman–Crippen MR) is 81.8 cm³/mol. The molecule has 2 N–H and O–H groups in total. The van der Waals surface area contributed by atoms with Gasteiger partial charge in [-0.05, 0) is 36.8 Å². The summed E-state index contributed by atoms with van der Waals surface area (Å²) in [6, 6.07) is 2.35. The first kappa shape index (κ1) is 13.8.